The van der Waals surface area contributed by atoms with Gasteiger partial charge in [0.2, 0.25) is 0 Å². The Balaban J connectivity index is 1.60. The van der Waals surface area contributed by atoms with Crippen molar-refractivity contribution in [2.45, 2.75) is 44.2 Å². The Morgan fingerprint density at radius 3 is 3.12 bits per heavy atom. The third-order valence-corrected chi connectivity index (χ3v) is 5.58. The van der Waals surface area contributed by atoms with Crippen LogP contribution >= 0.6 is 23.1 Å². The normalized spacial score (nSPS) is 25.6. The van der Waals surface area contributed by atoms with Gasteiger partial charge >= 0.3 is 0 Å². The second-order valence-corrected chi connectivity index (χ2v) is 7.22. The first-order valence-corrected chi connectivity index (χ1v) is 8.75. The molecule has 0 spiro atoms. The highest BCUT2D eigenvalue weighted by Crippen LogP contribution is 2.42. The van der Waals surface area contributed by atoms with Crippen molar-refractivity contribution in [2.24, 2.45) is 0 Å². The topological polar surface area (TPSA) is 16.1 Å². The molecule has 1 unspecified atom stereocenters. The van der Waals surface area contributed by atoms with Crippen LogP contribution in [0, 0.1) is 0 Å². The van der Waals surface area contributed by atoms with Crippen molar-refractivity contribution in [1.29, 1.82) is 0 Å². The van der Waals surface area contributed by atoms with Crippen LogP contribution in [0.5, 0.6) is 0 Å². The predicted octanol–water partition coefficient (Wildman–Crippen LogP) is 3.35. The summed E-state index contributed by atoms with van der Waals surface area (Å²) in [5.74, 6) is 2.10. The maximum Gasteiger partial charge on any atom is 0.0959 e. The van der Waals surface area contributed by atoms with E-state index in [1.165, 1.54) is 47.9 Å². The van der Waals surface area contributed by atoms with E-state index >= 15 is 0 Å². The van der Waals surface area contributed by atoms with Crippen molar-refractivity contribution in [3.8, 4) is 0 Å². The van der Waals surface area contributed by atoms with Crippen LogP contribution in [-0.2, 0) is 6.54 Å². The zero-order chi connectivity index (χ0) is 11.7. The molecule has 1 saturated carbocycles. The zero-order valence-corrected chi connectivity index (χ0v) is 12.0. The van der Waals surface area contributed by atoms with Crippen molar-refractivity contribution >= 4 is 23.1 Å². The quantitative estimate of drug-likeness (QED) is 0.815. The molecule has 94 valence electrons. The van der Waals surface area contributed by atoms with Crippen LogP contribution in [0.15, 0.2) is 6.20 Å². The van der Waals surface area contributed by atoms with Crippen LogP contribution in [-0.4, -0.2) is 34.5 Å². The Morgan fingerprint density at radius 1 is 1.47 bits per heavy atom. The summed E-state index contributed by atoms with van der Waals surface area (Å²) in [6, 6.07) is 0.802. The number of rotatable bonds is 5. The molecule has 0 amide bonds. The number of thioether (sulfide) groups is 1. The van der Waals surface area contributed by atoms with Gasteiger partial charge in [-0.15, -0.1) is 11.3 Å². The van der Waals surface area contributed by atoms with Crippen molar-refractivity contribution in [3.05, 3.63) is 16.1 Å². The van der Waals surface area contributed by atoms with Crippen LogP contribution < -0.4 is 0 Å². The van der Waals surface area contributed by atoms with E-state index in [2.05, 4.69) is 22.3 Å². The third-order valence-electron chi connectivity index (χ3n) is 3.72. The summed E-state index contributed by atoms with van der Waals surface area (Å²) in [6.45, 7) is 2.41. The largest absolute Gasteiger partial charge is 0.294 e. The fraction of sp³-hybridized carbons (Fsp3) is 0.769. The van der Waals surface area contributed by atoms with Gasteiger partial charge in [-0.1, -0.05) is 0 Å². The van der Waals surface area contributed by atoms with Crippen molar-refractivity contribution in [3.63, 3.8) is 0 Å². The van der Waals surface area contributed by atoms with E-state index < -0.39 is 0 Å². The molecule has 3 rings (SSSR count). The number of thiazole rings is 1. The minimum atomic E-state index is 0.802. The summed E-state index contributed by atoms with van der Waals surface area (Å²) in [7, 11) is 0. The first kappa shape index (κ1) is 12.0. The van der Waals surface area contributed by atoms with Crippen LogP contribution in [0.1, 0.15) is 41.5 Å². The van der Waals surface area contributed by atoms with Gasteiger partial charge < -0.3 is 0 Å². The molecule has 0 bridgehead atoms. The molecule has 1 aliphatic carbocycles. The SMILES string of the molecule is CSCC1CCCN1Cc1cnc(C2CC2)s1. The Labute approximate surface area is 112 Å². The summed E-state index contributed by atoms with van der Waals surface area (Å²) in [5, 5.41) is 1.39. The maximum atomic E-state index is 4.58. The fourth-order valence-corrected chi connectivity index (χ4v) is 4.47. The fourth-order valence-electron chi connectivity index (χ4n) is 2.60. The lowest BCUT2D eigenvalue weighted by Gasteiger charge is -2.22. The number of nitrogens with zero attached hydrogens (tertiary/aromatic N) is 2. The Bertz CT molecular complexity index is 373. The molecule has 2 heterocycles. The highest BCUT2D eigenvalue weighted by molar-refractivity contribution is 7.98. The van der Waals surface area contributed by atoms with Crippen molar-refractivity contribution in [2.75, 3.05) is 18.6 Å². The number of aromatic nitrogens is 1. The van der Waals surface area contributed by atoms with Crippen LogP contribution in [0.25, 0.3) is 0 Å². The molecular formula is C13H20N2S2. The van der Waals surface area contributed by atoms with Crippen LogP contribution in [0.2, 0.25) is 0 Å². The first-order valence-electron chi connectivity index (χ1n) is 6.54. The lowest BCUT2D eigenvalue weighted by atomic mass is 10.2. The van der Waals surface area contributed by atoms with Gasteiger partial charge in [0.1, 0.15) is 0 Å². The van der Waals surface area contributed by atoms with Gasteiger partial charge in [-0.05, 0) is 38.5 Å². The minimum absolute atomic E-state index is 0.802. The summed E-state index contributed by atoms with van der Waals surface area (Å²) < 4.78 is 0. The van der Waals surface area contributed by atoms with E-state index in [1.807, 2.05) is 23.1 Å². The number of hydrogen-bond donors (Lipinski definition) is 0. The summed E-state index contributed by atoms with van der Waals surface area (Å²) in [5.41, 5.74) is 0. The molecule has 2 nitrogen and oxygen atoms in total. The van der Waals surface area contributed by atoms with Gasteiger partial charge in [0.05, 0.1) is 5.01 Å². The summed E-state index contributed by atoms with van der Waals surface area (Å²) in [6.07, 6.45) is 9.83. The predicted molar refractivity (Wildman–Crippen MR) is 75.9 cm³/mol. The van der Waals surface area contributed by atoms with E-state index in [9.17, 15) is 0 Å². The van der Waals surface area contributed by atoms with Crippen molar-refractivity contribution < 1.29 is 0 Å². The highest BCUT2D eigenvalue weighted by Gasteiger charge is 2.28. The highest BCUT2D eigenvalue weighted by atomic mass is 32.2. The molecule has 17 heavy (non-hydrogen) atoms. The smallest absolute Gasteiger partial charge is 0.0959 e. The molecular weight excluding hydrogens is 248 g/mol. The summed E-state index contributed by atoms with van der Waals surface area (Å²) >= 11 is 3.93. The molecule has 1 aromatic rings. The summed E-state index contributed by atoms with van der Waals surface area (Å²) in [4.78, 5) is 8.70. The average molecular weight is 268 g/mol. The van der Waals surface area contributed by atoms with Gasteiger partial charge in [0.25, 0.3) is 0 Å². The third kappa shape index (κ3) is 2.85. The molecule has 4 heteroatoms. The van der Waals surface area contributed by atoms with E-state index in [0.717, 1.165) is 18.5 Å². The molecule has 2 aliphatic rings. The first-order chi connectivity index (χ1) is 8.36. The average Bonchev–Trinajstić information content (AvgIpc) is 2.93. The molecule has 0 aromatic carbocycles. The van der Waals surface area contributed by atoms with Crippen molar-refractivity contribution in [1.82, 2.24) is 9.88 Å². The molecule has 1 saturated heterocycles. The van der Waals surface area contributed by atoms with Crippen LogP contribution in [0.4, 0.5) is 0 Å². The second kappa shape index (κ2) is 5.29. The van der Waals surface area contributed by atoms with Gasteiger partial charge in [-0.2, -0.15) is 11.8 Å². The van der Waals surface area contributed by atoms with E-state index in [4.69, 9.17) is 0 Å². The van der Waals surface area contributed by atoms with Crippen LogP contribution in [0.3, 0.4) is 0 Å². The van der Waals surface area contributed by atoms with E-state index in [0.29, 0.717) is 0 Å². The van der Waals surface area contributed by atoms with Gasteiger partial charge in [-0.3, -0.25) is 4.90 Å². The Morgan fingerprint density at radius 2 is 2.35 bits per heavy atom. The van der Waals surface area contributed by atoms with Gasteiger partial charge in [0.15, 0.2) is 0 Å². The number of likely N-dealkylation sites (tertiary alicyclic amines) is 1. The Hall–Kier alpha value is -0.0600. The molecule has 1 atom stereocenters. The van der Waals surface area contributed by atoms with E-state index in [-0.39, 0.29) is 0 Å². The Kier molecular flexibility index (Phi) is 3.73. The lowest BCUT2D eigenvalue weighted by molar-refractivity contribution is 0.266. The molecule has 0 N–H and O–H groups in total. The zero-order valence-electron chi connectivity index (χ0n) is 10.4. The number of hydrogen-bond acceptors (Lipinski definition) is 4. The molecule has 1 aromatic heterocycles. The second-order valence-electron chi connectivity index (χ2n) is 5.16. The minimum Gasteiger partial charge on any atom is -0.294 e. The van der Waals surface area contributed by atoms with E-state index in [1.54, 1.807) is 0 Å². The van der Waals surface area contributed by atoms with Gasteiger partial charge in [-0.25, -0.2) is 4.98 Å². The standard InChI is InChI=1S/C13H20N2S2/c1-16-9-11-3-2-6-15(11)8-12-7-14-13(17-12)10-4-5-10/h7,10-11H,2-6,8-9H2,1H3. The molecule has 0 radical (unpaired) electrons. The molecule has 2 fully saturated rings. The maximum absolute atomic E-state index is 4.58. The monoisotopic (exact) mass is 268 g/mol. The lowest BCUT2D eigenvalue weighted by Crippen LogP contribution is -2.30. The van der Waals surface area contributed by atoms with Gasteiger partial charge in [0, 0.05) is 35.3 Å². The molecule has 1 aliphatic heterocycles.